The van der Waals surface area contributed by atoms with Crippen molar-refractivity contribution in [1.82, 2.24) is 0 Å². The van der Waals surface area contributed by atoms with Gasteiger partial charge in [0.15, 0.2) is 0 Å². The molecule has 0 spiro atoms. The van der Waals surface area contributed by atoms with Crippen LogP contribution in [-0.2, 0) is 0 Å². The molecule has 5 atom stereocenters. The Kier molecular flexibility index (Phi) is 2.49. The molecule has 86 valence electrons. The normalized spacial score (nSPS) is 41.5. The summed E-state index contributed by atoms with van der Waals surface area (Å²) >= 11 is 0. The minimum Gasteiger partial charge on any atom is -0.396 e. The van der Waals surface area contributed by atoms with E-state index in [1.54, 1.807) is 0 Å². The highest BCUT2D eigenvalue weighted by molar-refractivity contribution is 5.24. The minimum atomic E-state index is 0.231. The van der Waals surface area contributed by atoms with Gasteiger partial charge in [0.1, 0.15) is 0 Å². The number of hydrogen-bond acceptors (Lipinski definition) is 2. The summed E-state index contributed by atoms with van der Waals surface area (Å²) in [5.74, 6) is 2.19. The molecule has 0 unspecified atom stereocenters. The van der Waals surface area contributed by atoms with E-state index in [2.05, 4.69) is 30.3 Å². The van der Waals surface area contributed by atoms with Gasteiger partial charge in [-0.15, -0.1) is 0 Å². The summed E-state index contributed by atoms with van der Waals surface area (Å²) in [6, 6.07) is 10.9. The highest BCUT2D eigenvalue weighted by Gasteiger charge is 2.50. The maximum absolute atomic E-state index is 9.44. The molecular formula is C14H19NO. The second-order valence-corrected chi connectivity index (χ2v) is 5.34. The lowest BCUT2D eigenvalue weighted by atomic mass is 9.75. The van der Waals surface area contributed by atoms with Crippen LogP contribution in [0.3, 0.4) is 0 Å². The van der Waals surface area contributed by atoms with Crippen LogP contribution in [0.1, 0.15) is 24.3 Å². The van der Waals surface area contributed by atoms with E-state index in [9.17, 15) is 5.11 Å². The van der Waals surface area contributed by atoms with Crippen LogP contribution in [0.25, 0.3) is 0 Å². The molecule has 0 aromatic heterocycles. The van der Waals surface area contributed by atoms with E-state index in [1.165, 1.54) is 18.4 Å². The van der Waals surface area contributed by atoms with E-state index in [0.717, 1.165) is 0 Å². The van der Waals surface area contributed by atoms with E-state index >= 15 is 0 Å². The van der Waals surface area contributed by atoms with Crippen molar-refractivity contribution in [2.75, 3.05) is 6.61 Å². The average Bonchev–Trinajstić information content (AvgIpc) is 2.87. The summed E-state index contributed by atoms with van der Waals surface area (Å²) in [4.78, 5) is 0. The van der Waals surface area contributed by atoms with Crippen LogP contribution < -0.4 is 5.73 Å². The first kappa shape index (κ1) is 10.3. The van der Waals surface area contributed by atoms with Crippen LogP contribution in [-0.4, -0.2) is 17.8 Å². The van der Waals surface area contributed by atoms with Gasteiger partial charge in [0.05, 0.1) is 0 Å². The standard InChI is InChI=1S/C14H19NO/c15-14-10-6-11(9-4-2-1-3-5-9)12(7-10)13(14)8-16/h1-5,10-14,16H,6-8,15H2/t10-,11+,12-,13+,14-/m1/s1. The molecule has 1 aromatic rings. The van der Waals surface area contributed by atoms with Crippen LogP contribution in [0.15, 0.2) is 30.3 Å². The first-order valence-corrected chi connectivity index (χ1v) is 6.22. The molecule has 2 nitrogen and oxygen atoms in total. The molecule has 2 heteroatoms. The number of fused-ring (bicyclic) bond motifs is 2. The predicted molar refractivity (Wildman–Crippen MR) is 63.9 cm³/mol. The molecule has 2 aliphatic rings. The van der Waals surface area contributed by atoms with Crippen LogP contribution in [0.5, 0.6) is 0 Å². The Labute approximate surface area is 96.5 Å². The van der Waals surface area contributed by atoms with Gasteiger partial charge in [-0.1, -0.05) is 30.3 Å². The molecule has 0 radical (unpaired) electrons. The van der Waals surface area contributed by atoms with Crippen molar-refractivity contribution in [1.29, 1.82) is 0 Å². The zero-order valence-electron chi connectivity index (χ0n) is 9.42. The van der Waals surface area contributed by atoms with Gasteiger partial charge in [0.25, 0.3) is 0 Å². The summed E-state index contributed by atoms with van der Waals surface area (Å²) in [7, 11) is 0. The molecule has 3 N–H and O–H groups in total. The maximum atomic E-state index is 9.44. The SMILES string of the molecule is N[C@@H]1[C@H]2C[C@@H]([C@@H]1CO)[C@H](c1ccccc1)C2. The first-order chi connectivity index (χ1) is 7.81. The van der Waals surface area contributed by atoms with Crippen molar-refractivity contribution in [2.45, 2.75) is 24.8 Å². The van der Waals surface area contributed by atoms with Crippen molar-refractivity contribution in [3.8, 4) is 0 Å². The fraction of sp³-hybridized carbons (Fsp3) is 0.571. The predicted octanol–water partition coefficient (Wildman–Crippen LogP) is 1.75. The molecule has 0 saturated heterocycles. The van der Waals surface area contributed by atoms with Gasteiger partial charge >= 0.3 is 0 Å². The van der Waals surface area contributed by atoms with Gasteiger partial charge in [-0.05, 0) is 36.2 Å². The Morgan fingerprint density at radius 3 is 2.56 bits per heavy atom. The maximum Gasteiger partial charge on any atom is 0.0477 e. The highest BCUT2D eigenvalue weighted by Crippen LogP contribution is 2.55. The van der Waals surface area contributed by atoms with Gasteiger partial charge in [0, 0.05) is 18.6 Å². The lowest BCUT2D eigenvalue weighted by molar-refractivity contribution is 0.147. The second kappa shape index (κ2) is 3.86. The monoisotopic (exact) mass is 217 g/mol. The Bertz CT molecular complexity index is 364. The molecule has 16 heavy (non-hydrogen) atoms. The number of hydrogen-bond donors (Lipinski definition) is 2. The third-order valence-electron chi connectivity index (χ3n) is 4.68. The van der Waals surface area contributed by atoms with Gasteiger partial charge in [-0.25, -0.2) is 0 Å². The Hall–Kier alpha value is -0.860. The van der Waals surface area contributed by atoms with Gasteiger partial charge in [-0.2, -0.15) is 0 Å². The average molecular weight is 217 g/mol. The Morgan fingerprint density at radius 2 is 1.94 bits per heavy atom. The van der Waals surface area contributed by atoms with Crippen molar-refractivity contribution in [3.63, 3.8) is 0 Å². The number of aliphatic hydroxyl groups is 1. The first-order valence-electron chi connectivity index (χ1n) is 6.22. The van der Waals surface area contributed by atoms with E-state index in [1.807, 2.05) is 0 Å². The molecule has 0 amide bonds. The fourth-order valence-electron chi connectivity index (χ4n) is 3.87. The molecule has 2 aliphatic carbocycles. The van der Waals surface area contributed by atoms with Crippen LogP contribution in [0.4, 0.5) is 0 Å². The van der Waals surface area contributed by atoms with E-state index < -0.39 is 0 Å². The third-order valence-corrected chi connectivity index (χ3v) is 4.68. The second-order valence-electron chi connectivity index (χ2n) is 5.34. The zero-order chi connectivity index (χ0) is 11.1. The summed E-state index contributed by atoms with van der Waals surface area (Å²) in [5, 5.41) is 9.44. The van der Waals surface area contributed by atoms with Crippen LogP contribution in [0.2, 0.25) is 0 Å². The molecule has 1 aromatic carbocycles. The van der Waals surface area contributed by atoms with Gasteiger partial charge in [0.2, 0.25) is 0 Å². The molecule has 3 rings (SSSR count). The minimum absolute atomic E-state index is 0.231. The van der Waals surface area contributed by atoms with E-state index in [0.29, 0.717) is 23.7 Å². The summed E-state index contributed by atoms with van der Waals surface area (Å²) in [6.07, 6.45) is 2.43. The smallest absolute Gasteiger partial charge is 0.0477 e. The molecule has 0 heterocycles. The molecule has 2 saturated carbocycles. The number of aliphatic hydroxyl groups excluding tert-OH is 1. The molecule has 2 fully saturated rings. The Morgan fingerprint density at radius 1 is 1.19 bits per heavy atom. The summed E-state index contributed by atoms with van der Waals surface area (Å²) < 4.78 is 0. The molecular weight excluding hydrogens is 198 g/mol. The number of rotatable bonds is 2. The van der Waals surface area contributed by atoms with Crippen molar-refractivity contribution in [2.24, 2.45) is 23.5 Å². The topological polar surface area (TPSA) is 46.2 Å². The summed E-state index contributed by atoms with van der Waals surface area (Å²) in [5.41, 5.74) is 7.59. The third kappa shape index (κ3) is 1.40. The lowest BCUT2D eigenvalue weighted by Crippen LogP contribution is -2.39. The quantitative estimate of drug-likeness (QED) is 0.792. The van der Waals surface area contributed by atoms with Gasteiger partial charge in [-0.3, -0.25) is 0 Å². The van der Waals surface area contributed by atoms with Crippen LogP contribution >= 0.6 is 0 Å². The number of benzene rings is 1. The highest BCUT2D eigenvalue weighted by atomic mass is 16.3. The van der Waals surface area contributed by atoms with Crippen molar-refractivity contribution < 1.29 is 5.11 Å². The number of nitrogens with two attached hydrogens (primary N) is 1. The molecule has 0 aliphatic heterocycles. The molecule has 2 bridgehead atoms. The summed E-state index contributed by atoms with van der Waals surface area (Å²) in [6.45, 7) is 0.256. The van der Waals surface area contributed by atoms with Gasteiger partial charge < -0.3 is 10.8 Å². The van der Waals surface area contributed by atoms with Crippen molar-refractivity contribution in [3.05, 3.63) is 35.9 Å². The fourth-order valence-corrected chi connectivity index (χ4v) is 3.87. The van der Waals surface area contributed by atoms with Crippen LogP contribution in [0, 0.1) is 17.8 Å². The zero-order valence-corrected chi connectivity index (χ0v) is 9.42. The largest absolute Gasteiger partial charge is 0.396 e. The lowest BCUT2D eigenvalue weighted by Gasteiger charge is -2.33. The van der Waals surface area contributed by atoms with Crippen molar-refractivity contribution >= 4 is 0 Å². The van der Waals surface area contributed by atoms with E-state index in [-0.39, 0.29) is 12.6 Å². The Balaban J connectivity index is 1.86. The van der Waals surface area contributed by atoms with E-state index in [4.69, 9.17) is 5.73 Å².